The van der Waals surface area contributed by atoms with Crippen molar-refractivity contribution in [3.63, 3.8) is 0 Å². The molecular weight excluding hydrogens is 373 g/mol. The number of fused-ring (bicyclic) bond motifs is 1. The standard InChI is InChI=1S/C20H20FN7O/c1-26-17(29)8-16(12-4-7-22-9-15(12)21)25-20(26)27(2)18-13-10-28(11-14(13)18)19-23-5-3-6-24-19/h3-9,13-14,18H,10-11H2,1-2H3/t13-,14+,18?. The maximum absolute atomic E-state index is 14.2. The summed E-state index contributed by atoms with van der Waals surface area (Å²) in [7, 11) is 3.64. The summed E-state index contributed by atoms with van der Waals surface area (Å²) in [4.78, 5) is 33.8. The summed E-state index contributed by atoms with van der Waals surface area (Å²) in [6.07, 6.45) is 6.12. The van der Waals surface area contributed by atoms with Gasteiger partial charge >= 0.3 is 0 Å². The SMILES string of the molecule is CN(c1nc(-c2ccncc2F)cc(=O)n1C)C1[C@H]2CN(c3ncccn3)C[C@@H]12. The van der Waals surface area contributed by atoms with Gasteiger partial charge in [0, 0.05) is 75.3 Å². The molecule has 29 heavy (non-hydrogen) atoms. The number of rotatable bonds is 4. The summed E-state index contributed by atoms with van der Waals surface area (Å²) in [5.41, 5.74) is 0.369. The van der Waals surface area contributed by atoms with Crippen LogP contribution in [-0.4, -0.2) is 50.7 Å². The average molecular weight is 393 g/mol. The number of anilines is 2. The highest BCUT2D eigenvalue weighted by atomic mass is 19.1. The minimum Gasteiger partial charge on any atom is -0.342 e. The zero-order valence-electron chi connectivity index (χ0n) is 16.1. The molecule has 0 N–H and O–H groups in total. The van der Waals surface area contributed by atoms with Gasteiger partial charge in [0.25, 0.3) is 5.56 Å². The molecule has 1 saturated heterocycles. The number of nitrogens with zero attached hydrogens (tertiary/aromatic N) is 7. The monoisotopic (exact) mass is 393 g/mol. The van der Waals surface area contributed by atoms with Crippen molar-refractivity contribution in [1.82, 2.24) is 24.5 Å². The molecule has 1 aliphatic carbocycles. The molecule has 3 atom stereocenters. The Hall–Kier alpha value is -3.36. The Labute approximate surface area is 166 Å². The van der Waals surface area contributed by atoms with Gasteiger partial charge in [0.15, 0.2) is 5.82 Å². The molecule has 1 unspecified atom stereocenters. The van der Waals surface area contributed by atoms with E-state index in [-0.39, 0.29) is 17.2 Å². The summed E-state index contributed by atoms with van der Waals surface area (Å²) < 4.78 is 15.7. The van der Waals surface area contributed by atoms with Crippen LogP contribution in [0.4, 0.5) is 16.3 Å². The zero-order valence-corrected chi connectivity index (χ0v) is 16.1. The normalized spacial score (nSPS) is 22.4. The van der Waals surface area contributed by atoms with E-state index in [0.29, 0.717) is 23.5 Å². The molecular formula is C20H20FN7O. The lowest BCUT2D eigenvalue weighted by molar-refractivity contribution is 0.623. The van der Waals surface area contributed by atoms with Gasteiger partial charge in [0.1, 0.15) is 0 Å². The fourth-order valence-corrected chi connectivity index (χ4v) is 4.38. The predicted octanol–water partition coefficient (Wildman–Crippen LogP) is 1.34. The van der Waals surface area contributed by atoms with Gasteiger partial charge in [-0.1, -0.05) is 0 Å². The summed E-state index contributed by atoms with van der Waals surface area (Å²) >= 11 is 0. The molecule has 0 amide bonds. The van der Waals surface area contributed by atoms with Crippen molar-refractivity contribution in [2.24, 2.45) is 18.9 Å². The van der Waals surface area contributed by atoms with E-state index >= 15 is 0 Å². The molecule has 0 aromatic carbocycles. The first-order chi connectivity index (χ1) is 14.0. The van der Waals surface area contributed by atoms with E-state index in [1.54, 1.807) is 19.4 Å². The third kappa shape index (κ3) is 2.93. The molecule has 3 aromatic heterocycles. The Morgan fingerprint density at radius 2 is 1.90 bits per heavy atom. The third-order valence-electron chi connectivity index (χ3n) is 5.91. The third-order valence-corrected chi connectivity index (χ3v) is 5.91. The van der Waals surface area contributed by atoms with E-state index in [0.717, 1.165) is 25.2 Å². The highest BCUT2D eigenvalue weighted by Crippen LogP contribution is 2.49. The van der Waals surface area contributed by atoms with Crippen molar-refractivity contribution < 1.29 is 4.39 Å². The minimum atomic E-state index is -0.497. The van der Waals surface area contributed by atoms with Crippen LogP contribution in [-0.2, 0) is 7.05 Å². The van der Waals surface area contributed by atoms with Crippen molar-refractivity contribution in [3.05, 3.63) is 59.2 Å². The average Bonchev–Trinajstić information content (AvgIpc) is 3.23. The van der Waals surface area contributed by atoms with Crippen LogP contribution in [0.5, 0.6) is 0 Å². The van der Waals surface area contributed by atoms with E-state index in [9.17, 15) is 9.18 Å². The Bertz CT molecular complexity index is 1110. The summed E-state index contributed by atoms with van der Waals surface area (Å²) in [5.74, 6) is 1.71. The molecule has 5 rings (SSSR count). The van der Waals surface area contributed by atoms with Gasteiger partial charge in [0.2, 0.25) is 11.9 Å². The van der Waals surface area contributed by atoms with Crippen LogP contribution in [0.25, 0.3) is 11.3 Å². The fourth-order valence-electron chi connectivity index (χ4n) is 4.38. The van der Waals surface area contributed by atoms with Crippen LogP contribution in [0.2, 0.25) is 0 Å². The number of pyridine rings is 1. The maximum atomic E-state index is 14.2. The molecule has 1 saturated carbocycles. The largest absolute Gasteiger partial charge is 0.342 e. The van der Waals surface area contributed by atoms with E-state index in [2.05, 4.69) is 24.8 Å². The number of aromatic nitrogens is 5. The van der Waals surface area contributed by atoms with Gasteiger partial charge in [-0.2, -0.15) is 0 Å². The quantitative estimate of drug-likeness (QED) is 0.662. The van der Waals surface area contributed by atoms with Crippen LogP contribution in [0, 0.1) is 17.7 Å². The number of hydrogen-bond acceptors (Lipinski definition) is 7. The molecule has 3 aromatic rings. The maximum Gasteiger partial charge on any atom is 0.255 e. The second kappa shape index (κ2) is 6.61. The molecule has 4 heterocycles. The van der Waals surface area contributed by atoms with Crippen molar-refractivity contribution >= 4 is 11.9 Å². The van der Waals surface area contributed by atoms with Crippen LogP contribution in [0.3, 0.4) is 0 Å². The van der Waals surface area contributed by atoms with Gasteiger partial charge in [-0.15, -0.1) is 0 Å². The molecule has 1 aliphatic heterocycles. The van der Waals surface area contributed by atoms with Crippen molar-refractivity contribution in [2.45, 2.75) is 6.04 Å². The Morgan fingerprint density at radius 1 is 1.17 bits per heavy atom. The van der Waals surface area contributed by atoms with Gasteiger partial charge < -0.3 is 9.80 Å². The molecule has 0 spiro atoms. The predicted molar refractivity (Wildman–Crippen MR) is 106 cm³/mol. The summed E-state index contributed by atoms with van der Waals surface area (Å²) in [6.45, 7) is 1.74. The molecule has 148 valence electrons. The summed E-state index contributed by atoms with van der Waals surface area (Å²) in [5, 5.41) is 0. The molecule has 8 nitrogen and oxygen atoms in total. The van der Waals surface area contributed by atoms with Gasteiger partial charge in [-0.3, -0.25) is 14.3 Å². The van der Waals surface area contributed by atoms with Crippen LogP contribution < -0.4 is 15.4 Å². The topological polar surface area (TPSA) is 80.0 Å². The Balaban J connectivity index is 1.40. The van der Waals surface area contributed by atoms with Crippen molar-refractivity contribution in [1.29, 1.82) is 0 Å². The second-order valence-electron chi connectivity index (χ2n) is 7.58. The van der Waals surface area contributed by atoms with Gasteiger partial charge in [0.05, 0.1) is 11.9 Å². The molecule has 0 radical (unpaired) electrons. The first-order valence-corrected chi connectivity index (χ1v) is 9.47. The van der Waals surface area contributed by atoms with E-state index in [1.807, 2.05) is 18.0 Å². The lowest BCUT2D eigenvalue weighted by Crippen LogP contribution is -2.36. The molecule has 2 aliphatic rings. The number of halogens is 1. The first kappa shape index (κ1) is 17.7. The van der Waals surface area contributed by atoms with E-state index < -0.39 is 5.82 Å². The fraction of sp³-hybridized carbons (Fsp3) is 0.350. The number of hydrogen-bond donors (Lipinski definition) is 0. The van der Waals surface area contributed by atoms with Crippen LogP contribution >= 0.6 is 0 Å². The van der Waals surface area contributed by atoms with E-state index in [1.165, 1.54) is 22.9 Å². The molecule has 2 fully saturated rings. The summed E-state index contributed by atoms with van der Waals surface area (Å²) in [6, 6.07) is 4.98. The van der Waals surface area contributed by atoms with Crippen molar-refractivity contribution in [2.75, 3.05) is 29.9 Å². The smallest absolute Gasteiger partial charge is 0.255 e. The number of piperidine rings is 1. The highest BCUT2D eigenvalue weighted by molar-refractivity contribution is 5.60. The Kier molecular flexibility index (Phi) is 4.04. The molecule has 0 bridgehead atoms. The van der Waals surface area contributed by atoms with Crippen molar-refractivity contribution in [3.8, 4) is 11.3 Å². The Morgan fingerprint density at radius 3 is 2.59 bits per heavy atom. The highest BCUT2D eigenvalue weighted by Gasteiger charge is 2.58. The molecule has 9 heteroatoms. The van der Waals surface area contributed by atoms with Gasteiger partial charge in [-0.05, 0) is 12.1 Å². The van der Waals surface area contributed by atoms with Gasteiger partial charge in [-0.25, -0.2) is 19.3 Å². The van der Waals surface area contributed by atoms with Crippen LogP contribution in [0.15, 0.2) is 47.8 Å². The first-order valence-electron chi connectivity index (χ1n) is 9.47. The lowest BCUT2D eigenvalue weighted by Gasteiger charge is -2.26. The van der Waals surface area contributed by atoms with E-state index in [4.69, 9.17) is 0 Å². The van der Waals surface area contributed by atoms with Crippen LogP contribution in [0.1, 0.15) is 0 Å². The zero-order chi connectivity index (χ0) is 20.1. The second-order valence-corrected chi connectivity index (χ2v) is 7.58. The minimum absolute atomic E-state index is 0.224. The lowest BCUT2D eigenvalue weighted by atomic mass is 10.2.